The molecule has 0 spiro atoms. The monoisotopic (exact) mass is 137 g/mol. The van der Waals surface area contributed by atoms with Gasteiger partial charge >= 0.3 is 0 Å². The lowest BCUT2D eigenvalue weighted by Crippen LogP contribution is -2.04. The van der Waals surface area contributed by atoms with Crippen LogP contribution in [0, 0.1) is 0 Å². The summed E-state index contributed by atoms with van der Waals surface area (Å²) in [6, 6.07) is 0. The van der Waals surface area contributed by atoms with Gasteiger partial charge in [-0.3, -0.25) is 0 Å². The van der Waals surface area contributed by atoms with Gasteiger partial charge in [-0.2, -0.15) is 11.8 Å². The van der Waals surface area contributed by atoms with Crippen LogP contribution in [0.1, 0.15) is 6.92 Å². The third-order valence-electron chi connectivity index (χ3n) is 0.610. The highest BCUT2D eigenvalue weighted by Gasteiger charge is 1.94. The first kappa shape index (κ1) is 8.24. The van der Waals surface area contributed by atoms with E-state index >= 15 is 0 Å². The van der Waals surface area contributed by atoms with Crippen LogP contribution < -0.4 is 5.73 Å². The molecule has 0 radical (unpaired) electrons. The summed E-state index contributed by atoms with van der Waals surface area (Å²) >= 11 is 1.56. The first-order valence-corrected chi connectivity index (χ1v) is 3.84. The van der Waals surface area contributed by atoms with Gasteiger partial charge < -0.3 is 5.73 Å². The smallest absolute Gasteiger partial charge is 0.106 e. The molecule has 1 nitrogen and oxygen atoms in total. The summed E-state index contributed by atoms with van der Waals surface area (Å²) < 4.78 is 12.0. The number of halogens is 1. The molecule has 0 heterocycles. The fraction of sp³-hybridized carbons (Fsp3) is 1.00. The van der Waals surface area contributed by atoms with Gasteiger partial charge in [0.15, 0.2) is 0 Å². The molecule has 0 fully saturated rings. The zero-order valence-corrected chi connectivity index (χ0v) is 5.88. The maximum atomic E-state index is 12.0. The molecular formula is C5H12FNS. The van der Waals surface area contributed by atoms with Crippen molar-refractivity contribution in [2.45, 2.75) is 13.1 Å². The summed E-state index contributed by atoms with van der Waals surface area (Å²) in [6.45, 7) is 2.21. The van der Waals surface area contributed by atoms with Gasteiger partial charge in [0.05, 0.1) is 0 Å². The fourth-order valence-electron chi connectivity index (χ4n) is 0.329. The molecule has 0 aromatic carbocycles. The van der Waals surface area contributed by atoms with Gasteiger partial charge in [0.1, 0.15) is 6.17 Å². The van der Waals surface area contributed by atoms with E-state index in [9.17, 15) is 4.39 Å². The highest BCUT2D eigenvalue weighted by atomic mass is 32.2. The van der Waals surface area contributed by atoms with Crippen LogP contribution in [0.2, 0.25) is 0 Å². The van der Waals surface area contributed by atoms with Crippen LogP contribution in [-0.2, 0) is 0 Å². The Balaban J connectivity index is 2.72. The molecule has 0 aromatic heterocycles. The van der Waals surface area contributed by atoms with Gasteiger partial charge in [0.2, 0.25) is 0 Å². The van der Waals surface area contributed by atoms with Crippen molar-refractivity contribution in [2.24, 2.45) is 5.73 Å². The predicted octanol–water partition coefficient (Wildman–Crippen LogP) is 1.04. The van der Waals surface area contributed by atoms with Crippen molar-refractivity contribution < 1.29 is 4.39 Å². The molecule has 2 N–H and O–H groups in total. The minimum absolute atomic E-state index is 0.581. The van der Waals surface area contributed by atoms with Crippen molar-refractivity contribution in [3.05, 3.63) is 0 Å². The molecular weight excluding hydrogens is 125 g/mol. The quantitative estimate of drug-likeness (QED) is 0.586. The fourth-order valence-corrected chi connectivity index (χ4v) is 0.987. The second-order valence-corrected chi connectivity index (χ2v) is 2.79. The Bertz CT molecular complexity index is 49.7. The van der Waals surface area contributed by atoms with E-state index in [1.165, 1.54) is 0 Å². The number of hydrogen-bond acceptors (Lipinski definition) is 2. The average molecular weight is 137 g/mol. The number of rotatable bonds is 4. The second kappa shape index (κ2) is 5.38. The van der Waals surface area contributed by atoms with Gasteiger partial charge in [-0.05, 0) is 6.92 Å². The Morgan fingerprint density at radius 2 is 2.38 bits per heavy atom. The maximum Gasteiger partial charge on any atom is 0.106 e. The lowest BCUT2D eigenvalue weighted by molar-refractivity contribution is 0.398. The van der Waals surface area contributed by atoms with E-state index in [1.54, 1.807) is 18.7 Å². The topological polar surface area (TPSA) is 26.0 Å². The molecule has 0 saturated carbocycles. The van der Waals surface area contributed by atoms with Crippen LogP contribution >= 0.6 is 11.8 Å². The lowest BCUT2D eigenvalue weighted by Gasteiger charge is -1.97. The summed E-state index contributed by atoms with van der Waals surface area (Å²) in [5.41, 5.74) is 5.17. The van der Waals surface area contributed by atoms with E-state index in [0.29, 0.717) is 12.3 Å². The van der Waals surface area contributed by atoms with Gasteiger partial charge in [0.25, 0.3) is 0 Å². The first-order chi connectivity index (χ1) is 3.77. The molecule has 0 bridgehead atoms. The van der Waals surface area contributed by atoms with Crippen molar-refractivity contribution in [3.8, 4) is 0 Å². The second-order valence-electron chi connectivity index (χ2n) is 1.64. The Morgan fingerprint density at radius 3 is 2.75 bits per heavy atom. The van der Waals surface area contributed by atoms with Crippen molar-refractivity contribution in [3.63, 3.8) is 0 Å². The molecule has 1 atom stereocenters. The summed E-state index contributed by atoms with van der Waals surface area (Å²) in [5.74, 6) is 1.45. The molecule has 0 rings (SSSR count). The van der Waals surface area contributed by atoms with E-state index in [-0.39, 0.29) is 0 Å². The first-order valence-electron chi connectivity index (χ1n) is 2.69. The lowest BCUT2D eigenvalue weighted by atomic mass is 10.5. The zero-order chi connectivity index (χ0) is 6.41. The Labute approximate surface area is 53.8 Å². The third kappa shape index (κ3) is 6.24. The van der Waals surface area contributed by atoms with Crippen LogP contribution in [0.5, 0.6) is 0 Å². The number of thioether (sulfide) groups is 1. The molecule has 50 valence electrons. The van der Waals surface area contributed by atoms with E-state index < -0.39 is 6.17 Å². The van der Waals surface area contributed by atoms with Crippen molar-refractivity contribution in [2.75, 3.05) is 18.1 Å². The normalized spacial score (nSPS) is 13.9. The number of nitrogens with two attached hydrogens (primary N) is 1. The van der Waals surface area contributed by atoms with Gasteiger partial charge in [-0.15, -0.1) is 0 Å². The largest absolute Gasteiger partial charge is 0.330 e. The SMILES string of the molecule is CC(F)CSCCN. The maximum absolute atomic E-state index is 12.0. The van der Waals surface area contributed by atoms with Crippen LogP contribution in [-0.4, -0.2) is 24.2 Å². The summed E-state index contributed by atoms with van der Waals surface area (Å²) in [5, 5.41) is 0. The average Bonchev–Trinajstić information content (AvgIpc) is 1.66. The van der Waals surface area contributed by atoms with Gasteiger partial charge in [-0.1, -0.05) is 0 Å². The minimum Gasteiger partial charge on any atom is -0.330 e. The molecule has 8 heavy (non-hydrogen) atoms. The molecule has 1 unspecified atom stereocenters. The van der Waals surface area contributed by atoms with Crippen LogP contribution in [0.3, 0.4) is 0 Å². The third-order valence-corrected chi connectivity index (χ3v) is 1.83. The highest BCUT2D eigenvalue weighted by Crippen LogP contribution is 2.02. The van der Waals surface area contributed by atoms with E-state index in [4.69, 9.17) is 5.73 Å². The van der Waals surface area contributed by atoms with E-state index in [2.05, 4.69) is 0 Å². The van der Waals surface area contributed by atoms with Crippen molar-refractivity contribution >= 4 is 11.8 Å². The molecule has 3 heteroatoms. The van der Waals surface area contributed by atoms with Crippen LogP contribution in [0.25, 0.3) is 0 Å². The van der Waals surface area contributed by atoms with Crippen LogP contribution in [0.4, 0.5) is 4.39 Å². The van der Waals surface area contributed by atoms with Gasteiger partial charge in [-0.25, -0.2) is 4.39 Å². The van der Waals surface area contributed by atoms with Crippen LogP contribution in [0.15, 0.2) is 0 Å². The van der Waals surface area contributed by atoms with E-state index in [1.807, 2.05) is 0 Å². The standard InChI is InChI=1S/C5H12FNS/c1-5(6)4-8-3-2-7/h5H,2-4,7H2,1H3. The predicted molar refractivity (Wildman–Crippen MR) is 36.9 cm³/mol. The molecule has 0 aliphatic heterocycles. The summed E-state index contributed by atoms with van der Waals surface area (Å²) in [4.78, 5) is 0. The van der Waals surface area contributed by atoms with E-state index in [0.717, 1.165) is 5.75 Å². The molecule has 0 aromatic rings. The Hall–Kier alpha value is 0.240. The minimum atomic E-state index is -0.688. The molecule has 0 saturated heterocycles. The summed E-state index contributed by atoms with van der Waals surface area (Å²) in [6.07, 6.45) is -0.688. The number of hydrogen-bond donors (Lipinski definition) is 1. The van der Waals surface area contributed by atoms with Gasteiger partial charge in [0, 0.05) is 18.1 Å². The highest BCUT2D eigenvalue weighted by molar-refractivity contribution is 7.99. The van der Waals surface area contributed by atoms with Crippen molar-refractivity contribution in [1.82, 2.24) is 0 Å². The van der Waals surface area contributed by atoms with Crippen molar-refractivity contribution in [1.29, 1.82) is 0 Å². The zero-order valence-electron chi connectivity index (χ0n) is 5.06. The molecule has 0 amide bonds. The summed E-state index contributed by atoms with van der Waals surface area (Å²) in [7, 11) is 0. The number of alkyl halides is 1. The molecule has 0 aliphatic rings. The Kier molecular flexibility index (Phi) is 5.54. The Morgan fingerprint density at radius 1 is 1.75 bits per heavy atom. The molecule has 0 aliphatic carbocycles.